The van der Waals surface area contributed by atoms with Crippen LogP contribution in [0, 0.1) is 5.92 Å². The van der Waals surface area contributed by atoms with Crippen molar-refractivity contribution in [1.82, 2.24) is 15.5 Å². The van der Waals surface area contributed by atoms with Crippen LogP contribution in [0.15, 0.2) is 72.8 Å². The minimum absolute atomic E-state index is 0.136. The van der Waals surface area contributed by atoms with Crippen molar-refractivity contribution in [3.63, 3.8) is 0 Å². The first-order valence-corrected chi connectivity index (χ1v) is 11.9. The number of aliphatic hydroxyl groups is 1. The minimum Gasteiger partial charge on any atom is -0.389 e. The highest BCUT2D eigenvalue weighted by atomic mass is 16.3. The van der Waals surface area contributed by atoms with Gasteiger partial charge in [0.1, 0.15) is 6.04 Å². The Morgan fingerprint density at radius 3 is 2.31 bits per heavy atom. The smallest absolute Gasteiger partial charge is 0.254 e. The number of hydrogen-bond acceptors (Lipinski definition) is 4. The van der Waals surface area contributed by atoms with Gasteiger partial charge in [-0.1, -0.05) is 62.4 Å². The summed E-state index contributed by atoms with van der Waals surface area (Å²) in [6.45, 7) is 4.30. The lowest BCUT2D eigenvalue weighted by Gasteiger charge is -2.23. The maximum absolute atomic E-state index is 13.2. The molecule has 0 saturated carbocycles. The lowest BCUT2D eigenvalue weighted by molar-refractivity contribution is -0.124. The number of β-amino-alcohol motifs (C(OH)–C–C–N with tert-alkyl or cyclic N) is 1. The largest absolute Gasteiger partial charge is 0.389 e. The summed E-state index contributed by atoms with van der Waals surface area (Å²) in [7, 11) is 0. The molecule has 0 aromatic heterocycles. The third-order valence-corrected chi connectivity index (χ3v) is 6.27. The van der Waals surface area contributed by atoms with Crippen LogP contribution in [0.2, 0.25) is 0 Å². The van der Waals surface area contributed by atoms with Gasteiger partial charge in [-0.15, -0.1) is 0 Å². The molecule has 1 aliphatic rings. The highest BCUT2D eigenvalue weighted by Gasteiger charge is 2.36. The fraction of sp³-hybridized carbons (Fsp3) is 0.321. The summed E-state index contributed by atoms with van der Waals surface area (Å²) >= 11 is 0. The molecule has 3 atom stereocenters. The summed E-state index contributed by atoms with van der Waals surface area (Å²) in [5.74, 6) is -0.729. The van der Waals surface area contributed by atoms with Gasteiger partial charge >= 0.3 is 0 Å². The van der Waals surface area contributed by atoms with Crippen molar-refractivity contribution >= 4 is 28.5 Å². The maximum Gasteiger partial charge on any atom is 0.254 e. The van der Waals surface area contributed by atoms with E-state index in [1.807, 2.05) is 56.3 Å². The third kappa shape index (κ3) is 5.87. The average Bonchev–Trinajstić information content (AvgIpc) is 3.22. The molecule has 7 heteroatoms. The molecular weight excluding hydrogens is 442 g/mol. The van der Waals surface area contributed by atoms with E-state index in [2.05, 4.69) is 10.6 Å². The van der Waals surface area contributed by atoms with E-state index in [-0.39, 0.29) is 36.7 Å². The fourth-order valence-electron chi connectivity index (χ4n) is 4.42. The molecule has 3 aromatic rings. The number of nitrogens with zero attached hydrogens (tertiary/aromatic N) is 1. The van der Waals surface area contributed by atoms with E-state index in [0.717, 1.165) is 10.8 Å². The van der Waals surface area contributed by atoms with Crippen LogP contribution in [0.3, 0.4) is 0 Å². The number of carbonyl (C=O) groups is 3. The van der Waals surface area contributed by atoms with Gasteiger partial charge in [0.05, 0.1) is 12.1 Å². The van der Waals surface area contributed by atoms with Crippen molar-refractivity contribution in [2.75, 3.05) is 13.1 Å². The molecule has 1 fully saturated rings. The number of benzene rings is 3. The van der Waals surface area contributed by atoms with Crippen molar-refractivity contribution in [1.29, 1.82) is 0 Å². The highest BCUT2D eigenvalue weighted by molar-refractivity contribution is 6.00. The molecule has 3 N–H and O–H groups in total. The first kappa shape index (κ1) is 24.4. The zero-order chi connectivity index (χ0) is 24.9. The highest BCUT2D eigenvalue weighted by Crippen LogP contribution is 2.18. The van der Waals surface area contributed by atoms with E-state index < -0.39 is 18.2 Å². The topological polar surface area (TPSA) is 98.7 Å². The fourth-order valence-corrected chi connectivity index (χ4v) is 4.42. The van der Waals surface area contributed by atoms with Gasteiger partial charge in [0.2, 0.25) is 5.91 Å². The molecule has 1 heterocycles. The predicted molar refractivity (Wildman–Crippen MR) is 135 cm³/mol. The molecule has 7 nitrogen and oxygen atoms in total. The van der Waals surface area contributed by atoms with Crippen LogP contribution >= 0.6 is 0 Å². The first-order chi connectivity index (χ1) is 16.8. The lowest BCUT2D eigenvalue weighted by Crippen LogP contribution is -2.53. The van der Waals surface area contributed by atoms with Crippen LogP contribution in [0.5, 0.6) is 0 Å². The number of hydrogen-bond donors (Lipinski definition) is 3. The molecule has 2 unspecified atom stereocenters. The van der Waals surface area contributed by atoms with Gasteiger partial charge in [-0.2, -0.15) is 0 Å². The molecule has 1 aliphatic heterocycles. The number of likely N-dealkylation sites (tertiary alicyclic amines) is 1. The lowest BCUT2D eigenvalue weighted by atomic mass is 10.0. The van der Waals surface area contributed by atoms with Crippen LogP contribution in [0.4, 0.5) is 0 Å². The Labute approximate surface area is 205 Å². The van der Waals surface area contributed by atoms with E-state index in [0.29, 0.717) is 17.5 Å². The van der Waals surface area contributed by atoms with E-state index >= 15 is 0 Å². The molecule has 0 aliphatic carbocycles. The monoisotopic (exact) mass is 473 g/mol. The van der Waals surface area contributed by atoms with Gasteiger partial charge in [0.25, 0.3) is 11.8 Å². The molecule has 182 valence electrons. The Morgan fingerprint density at radius 2 is 1.60 bits per heavy atom. The second-order valence-electron chi connectivity index (χ2n) is 9.48. The van der Waals surface area contributed by atoms with Crippen LogP contribution in [0.25, 0.3) is 10.8 Å². The number of carbonyl (C=O) groups excluding carboxylic acids is 3. The second-order valence-corrected chi connectivity index (χ2v) is 9.48. The Morgan fingerprint density at radius 1 is 0.914 bits per heavy atom. The zero-order valence-corrected chi connectivity index (χ0v) is 20.0. The summed E-state index contributed by atoms with van der Waals surface area (Å²) in [5, 5.41) is 18.2. The summed E-state index contributed by atoms with van der Waals surface area (Å²) in [5.41, 5.74) is 1.01. The molecule has 3 amide bonds. The molecule has 0 spiro atoms. The van der Waals surface area contributed by atoms with E-state index in [4.69, 9.17) is 0 Å². The summed E-state index contributed by atoms with van der Waals surface area (Å²) < 4.78 is 0. The second kappa shape index (κ2) is 10.7. The Hall–Kier alpha value is -3.71. The predicted octanol–water partition coefficient (Wildman–Crippen LogP) is 2.99. The Bertz CT molecular complexity index is 1210. The van der Waals surface area contributed by atoms with Gasteiger partial charge in [0, 0.05) is 24.2 Å². The molecule has 0 radical (unpaired) electrons. The molecule has 0 bridgehead atoms. The van der Waals surface area contributed by atoms with E-state index in [1.54, 1.807) is 30.3 Å². The number of fused-ring (bicyclic) bond motifs is 1. The Balaban J connectivity index is 1.42. The number of amides is 3. The van der Waals surface area contributed by atoms with E-state index in [1.165, 1.54) is 4.90 Å². The third-order valence-electron chi connectivity index (χ3n) is 6.27. The van der Waals surface area contributed by atoms with Crippen molar-refractivity contribution in [2.24, 2.45) is 5.92 Å². The quantitative estimate of drug-likeness (QED) is 0.491. The standard InChI is InChI=1S/C28H31N3O4/c1-18(2)14-23(29-26(33)22-13-12-19-8-6-7-11-21(19)15-22)27(34)30-24-16-31(17-25(24)32)28(35)20-9-4-3-5-10-20/h3-13,15,18,23-25,32H,14,16-17H2,1-2H3,(H,29,33)(H,30,34)/t23-,24?,25?/m0/s1. The molecule has 4 rings (SSSR count). The van der Waals surface area contributed by atoms with Gasteiger partial charge in [-0.3, -0.25) is 14.4 Å². The maximum atomic E-state index is 13.2. The van der Waals surface area contributed by atoms with Crippen molar-refractivity contribution in [3.05, 3.63) is 83.9 Å². The van der Waals surface area contributed by atoms with Crippen molar-refractivity contribution in [3.8, 4) is 0 Å². The van der Waals surface area contributed by atoms with Crippen molar-refractivity contribution in [2.45, 2.75) is 38.5 Å². The zero-order valence-electron chi connectivity index (χ0n) is 20.0. The average molecular weight is 474 g/mol. The normalized spacial score (nSPS) is 18.5. The SMILES string of the molecule is CC(C)C[C@H](NC(=O)c1ccc2ccccc2c1)C(=O)NC1CN(C(=O)c2ccccc2)CC1O. The molecular formula is C28H31N3O4. The van der Waals surface area contributed by atoms with Crippen LogP contribution < -0.4 is 10.6 Å². The Kier molecular flexibility index (Phi) is 7.46. The summed E-state index contributed by atoms with van der Waals surface area (Å²) in [6, 6.07) is 20.7. The first-order valence-electron chi connectivity index (χ1n) is 11.9. The van der Waals surface area contributed by atoms with Gasteiger partial charge in [-0.05, 0) is 47.4 Å². The van der Waals surface area contributed by atoms with Gasteiger partial charge in [0.15, 0.2) is 0 Å². The van der Waals surface area contributed by atoms with Crippen molar-refractivity contribution < 1.29 is 19.5 Å². The molecule has 35 heavy (non-hydrogen) atoms. The van der Waals surface area contributed by atoms with Crippen LogP contribution in [-0.2, 0) is 4.79 Å². The van der Waals surface area contributed by atoms with Crippen LogP contribution in [-0.4, -0.2) is 59.0 Å². The van der Waals surface area contributed by atoms with E-state index in [9.17, 15) is 19.5 Å². The molecule has 3 aromatic carbocycles. The summed E-state index contributed by atoms with van der Waals surface area (Å²) in [4.78, 5) is 40.4. The summed E-state index contributed by atoms with van der Waals surface area (Å²) in [6.07, 6.45) is -0.442. The number of aliphatic hydroxyl groups excluding tert-OH is 1. The number of rotatable bonds is 7. The van der Waals surface area contributed by atoms with Gasteiger partial charge < -0.3 is 20.6 Å². The minimum atomic E-state index is -0.887. The molecule has 1 saturated heterocycles. The van der Waals surface area contributed by atoms with Gasteiger partial charge in [-0.25, -0.2) is 0 Å². The number of nitrogens with one attached hydrogen (secondary N) is 2. The van der Waals surface area contributed by atoms with Crippen LogP contribution in [0.1, 0.15) is 41.0 Å².